The fraction of sp³-hybridized carbons (Fsp3) is 0.409. The number of aryl methyl sites for hydroxylation is 1. The molecular formula is C22H27N3. The summed E-state index contributed by atoms with van der Waals surface area (Å²) in [7, 11) is 0. The maximum atomic E-state index is 5.02. The van der Waals surface area contributed by atoms with E-state index >= 15 is 0 Å². The molecular weight excluding hydrogens is 306 g/mol. The molecule has 1 unspecified atom stereocenters. The Kier molecular flexibility index (Phi) is 4.48. The lowest BCUT2D eigenvalue weighted by Crippen LogP contribution is -2.24. The SMILES string of the molecule is Cc1ccn2c(NC3CCCCC3)c(C(C)c3ccccc3)nc2c1. The van der Waals surface area contributed by atoms with Crippen LogP contribution in [0.15, 0.2) is 48.7 Å². The van der Waals surface area contributed by atoms with Gasteiger partial charge >= 0.3 is 0 Å². The molecule has 2 heterocycles. The van der Waals surface area contributed by atoms with Gasteiger partial charge < -0.3 is 5.32 Å². The second kappa shape index (κ2) is 6.91. The van der Waals surface area contributed by atoms with Crippen molar-refractivity contribution in [2.45, 2.75) is 57.9 Å². The van der Waals surface area contributed by atoms with E-state index < -0.39 is 0 Å². The standard InChI is InChI=1S/C22H27N3/c1-16-13-14-25-20(15-16)24-21(17(2)18-9-5-3-6-10-18)22(25)23-19-11-7-4-8-12-19/h3,5-6,9-10,13-15,17,19,23H,4,7-8,11-12H2,1-2H3. The van der Waals surface area contributed by atoms with Crippen molar-refractivity contribution >= 4 is 11.5 Å². The van der Waals surface area contributed by atoms with E-state index in [1.54, 1.807) is 0 Å². The van der Waals surface area contributed by atoms with Crippen LogP contribution >= 0.6 is 0 Å². The molecule has 0 radical (unpaired) electrons. The zero-order chi connectivity index (χ0) is 17.2. The number of benzene rings is 1. The Morgan fingerprint density at radius 3 is 2.60 bits per heavy atom. The first kappa shape index (κ1) is 16.2. The van der Waals surface area contributed by atoms with Crippen LogP contribution in [-0.2, 0) is 0 Å². The molecule has 1 N–H and O–H groups in total. The van der Waals surface area contributed by atoms with Crippen molar-refractivity contribution in [1.82, 2.24) is 9.38 Å². The minimum absolute atomic E-state index is 0.271. The Balaban J connectivity index is 1.77. The molecule has 0 spiro atoms. The predicted octanol–water partition coefficient (Wildman–Crippen LogP) is 5.54. The maximum absolute atomic E-state index is 5.02. The molecule has 3 aromatic rings. The Morgan fingerprint density at radius 1 is 1.08 bits per heavy atom. The first-order chi connectivity index (χ1) is 12.2. The first-order valence-corrected chi connectivity index (χ1v) is 9.52. The van der Waals surface area contributed by atoms with Gasteiger partial charge in [-0.15, -0.1) is 0 Å². The summed E-state index contributed by atoms with van der Waals surface area (Å²) in [6, 6.07) is 15.6. The van der Waals surface area contributed by atoms with Crippen LogP contribution in [0, 0.1) is 6.92 Å². The Labute approximate surface area is 150 Å². The molecule has 0 bridgehead atoms. The number of imidazole rings is 1. The van der Waals surface area contributed by atoms with E-state index in [1.165, 1.54) is 49.0 Å². The smallest absolute Gasteiger partial charge is 0.138 e. The van der Waals surface area contributed by atoms with Gasteiger partial charge in [0.25, 0.3) is 0 Å². The lowest BCUT2D eigenvalue weighted by atomic mass is 9.94. The quantitative estimate of drug-likeness (QED) is 0.679. The normalized spacial score (nSPS) is 16.9. The number of hydrogen-bond donors (Lipinski definition) is 1. The van der Waals surface area contributed by atoms with Crippen molar-refractivity contribution in [3.8, 4) is 0 Å². The molecule has 25 heavy (non-hydrogen) atoms. The van der Waals surface area contributed by atoms with Crippen LogP contribution in [0.3, 0.4) is 0 Å². The van der Waals surface area contributed by atoms with Crippen LogP contribution in [0.25, 0.3) is 5.65 Å². The van der Waals surface area contributed by atoms with E-state index in [1.807, 2.05) is 0 Å². The summed E-state index contributed by atoms with van der Waals surface area (Å²) in [5, 5.41) is 3.84. The van der Waals surface area contributed by atoms with Crippen molar-refractivity contribution in [2.24, 2.45) is 0 Å². The predicted molar refractivity (Wildman–Crippen MR) is 104 cm³/mol. The summed E-state index contributed by atoms with van der Waals surface area (Å²) < 4.78 is 2.23. The molecule has 1 aromatic carbocycles. The summed E-state index contributed by atoms with van der Waals surface area (Å²) in [6.45, 7) is 4.39. The Hall–Kier alpha value is -2.29. The molecule has 3 nitrogen and oxygen atoms in total. The van der Waals surface area contributed by atoms with Crippen molar-refractivity contribution in [3.63, 3.8) is 0 Å². The molecule has 1 atom stereocenters. The van der Waals surface area contributed by atoms with Crippen LogP contribution in [-0.4, -0.2) is 15.4 Å². The molecule has 1 aliphatic rings. The molecule has 0 aliphatic heterocycles. The number of aromatic nitrogens is 2. The lowest BCUT2D eigenvalue weighted by molar-refractivity contribution is 0.461. The summed E-state index contributed by atoms with van der Waals surface area (Å²) >= 11 is 0. The summed E-state index contributed by atoms with van der Waals surface area (Å²) in [5.41, 5.74) is 4.76. The third-order valence-electron chi connectivity index (χ3n) is 5.46. The topological polar surface area (TPSA) is 29.3 Å². The first-order valence-electron chi connectivity index (χ1n) is 9.52. The van der Waals surface area contributed by atoms with Crippen LogP contribution in [0.5, 0.6) is 0 Å². The van der Waals surface area contributed by atoms with E-state index in [4.69, 9.17) is 4.98 Å². The summed E-state index contributed by atoms with van der Waals surface area (Å²) in [5.74, 6) is 1.45. The molecule has 2 aromatic heterocycles. The minimum Gasteiger partial charge on any atom is -0.367 e. The highest BCUT2D eigenvalue weighted by Gasteiger charge is 2.22. The van der Waals surface area contributed by atoms with Gasteiger partial charge in [-0.2, -0.15) is 0 Å². The second-order valence-corrected chi connectivity index (χ2v) is 7.39. The largest absolute Gasteiger partial charge is 0.367 e. The number of nitrogens with one attached hydrogen (secondary N) is 1. The van der Waals surface area contributed by atoms with Crippen molar-refractivity contribution in [2.75, 3.05) is 5.32 Å². The van der Waals surface area contributed by atoms with Crippen LogP contribution in [0.1, 0.15) is 61.8 Å². The zero-order valence-electron chi connectivity index (χ0n) is 15.2. The number of nitrogens with zero attached hydrogens (tertiary/aromatic N) is 2. The fourth-order valence-electron chi connectivity index (χ4n) is 3.95. The average Bonchev–Trinajstić information content (AvgIpc) is 3.00. The van der Waals surface area contributed by atoms with Gasteiger partial charge in [-0.05, 0) is 43.0 Å². The van der Waals surface area contributed by atoms with Gasteiger partial charge in [0.1, 0.15) is 11.5 Å². The number of hydrogen-bond acceptors (Lipinski definition) is 2. The van der Waals surface area contributed by atoms with Gasteiger partial charge in [-0.25, -0.2) is 4.98 Å². The second-order valence-electron chi connectivity index (χ2n) is 7.39. The summed E-state index contributed by atoms with van der Waals surface area (Å²) in [4.78, 5) is 5.02. The number of rotatable bonds is 4. The maximum Gasteiger partial charge on any atom is 0.138 e. The van der Waals surface area contributed by atoms with Crippen molar-refractivity contribution in [1.29, 1.82) is 0 Å². The lowest BCUT2D eigenvalue weighted by Gasteiger charge is -2.25. The van der Waals surface area contributed by atoms with Gasteiger partial charge in [0.2, 0.25) is 0 Å². The van der Waals surface area contributed by atoms with Gasteiger partial charge in [-0.1, -0.05) is 56.5 Å². The third-order valence-corrected chi connectivity index (χ3v) is 5.46. The number of anilines is 1. The van der Waals surface area contributed by atoms with Crippen LogP contribution in [0.4, 0.5) is 5.82 Å². The third kappa shape index (κ3) is 3.28. The highest BCUT2D eigenvalue weighted by atomic mass is 15.1. The Bertz CT molecular complexity index is 844. The van der Waals surface area contributed by atoms with Gasteiger partial charge in [0.05, 0.1) is 5.69 Å². The van der Waals surface area contributed by atoms with Crippen molar-refractivity contribution in [3.05, 3.63) is 65.5 Å². The van der Waals surface area contributed by atoms with Crippen LogP contribution < -0.4 is 5.32 Å². The van der Waals surface area contributed by atoms with Crippen LogP contribution in [0.2, 0.25) is 0 Å². The highest BCUT2D eigenvalue weighted by Crippen LogP contribution is 2.32. The number of fused-ring (bicyclic) bond motifs is 1. The Morgan fingerprint density at radius 2 is 1.84 bits per heavy atom. The molecule has 1 fully saturated rings. The monoisotopic (exact) mass is 333 g/mol. The fourth-order valence-corrected chi connectivity index (χ4v) is 3.95. The highest BCUT2D eigenvalue weighted by molar-refractivity contribution is 5.59. The zero-order valence-corrected chi connectivity index (χ0v) is 15.2. The van der Waals surface area contributed by atoms with E-state index in [9.17, 15) is 0 Å². The van der Waals surface area contributed by atoms with Crippen molar-refractivity contribution < 1.29 is 0 Å². The van der Waals surface area contributed by atoms with E-state index in [0.717, 1.165) is 11.3 Å². The molecule has 0 amide bonds. The van der Waals surface area contributed by atoms with E-state index in [0.29, 0.717) is 6.04 Å². The summed E-state index contributed by atoms with van der Waals surface area (Å²) in [6.07, 6.45) is 8.71. The average molecular weight is 333 g/mol. The molecule has 1 saturated carbocycles. The molecule has 1 aliphatic carbocycles. The van der Waals surface area contributed by atoms with E-state index in [-0.39, 0.29) is 5.92 Å². The minimum atomic E-state index is 0.271. The van der Waals surface area contributed by atoms with Gasteiger partial charge in [0.15, 0.2) is 0 Å². The molecule has 130 valence electrons. The number of pyridine rings is 1. The molecule has 4 rings (SSSR count). The van der Waals surface area contributed by atoms with Gasteiger partial charge in [-0.3, -0.25) is 4.40 Å². The van der Waals surface area contributed by atoms with E-state index in [2.05, 4.69) is 72.2 Å². The van der Waals surface area contributed by atoms with Gasteiger partial charge in [0, 0.05) is 18.2 Å². The molecule has 3 heteroatoms. The molecule has 0 saturated heterocycles.